The van der Waals surface area contributed by atoms with Crippen LogP contribution in [0.2, 0.25) is 0 Å². The molecular weight excluding hydrogens is 230 g/mol. The number of rotatable bonds is 9. The molecule has 1 fully saturated rings. The maximum atomic E-state index is 9.80. The first-order chi connectivity index (χ1) is 8.41. The van der Waals surface area contributed by atoms with Gasteiger partial charge in [0.25, 0.3) is 0 Å². The van der Waals surface area contributed by atoms with Crippen LogP contribution < -0.4 is 5.32 Å². The minimum atomic E-state index is -0.427. The summed E-state index contributed by atoms with van der Waals surface area (Å²) in [7, 11) is 0. The molecule has 1 rings (SSSR count). The molecule has 0 amide bonds. The Labute approximate surface area is 111 Å². The van der Waals surface area contributed by atoms with Gasteiger partial charge in [-0.25, -0.2) is 0 Å². The highest BCUT2D eigenvalue weighted by Gasteiger charge is 2.32. The lowest BCUT2D eigenvalue weighted by Gasteiger charge is -2.38. The third-order valence-corrected chi connectivity index (χ3v) is 3.21. The van der Waals surface area contributed by atoms with Crippen LogP contribution in [0.4, 0.5) is 0 Å². The van der Waals surface area contributed by atoms with Gasteiger partial charge in [0, 0.05) is 18.5 Å². The molecule has 2 atom stereocenters. The van der Waals surface area contributed by atoms with Gasteiger partial charge in [-0.15, -0.1) is 0 Å². The number of ether oxygens (including phenoxy) is 2. The van der Waals surface area contributed by atoms with E-state index >= 15 is 0 Å². The molecule has 108 valence electrons. The highest BCUT2D eigenvalue weighted by molar-refractivity contribution is 4.83. The highest BCUT2D eigenvalue weighted by Crippen LogP contribution is 2.24. The molecule has 1 heterocycles. The van der Waals surface area contributed by atoms with E-state index < -0.39 is 6.10 Å². The van der Waals surface area contributed by atoms with Crippen molar-refractivity contribution in [2.45, 2.75) is 46.3 Å². The van der Waals surface area contributed by atoms with E-state index in [2.05, 4.69) is 33.0 Å². The van der Waals surface area contributed by atoms with Gasteiger partial charge in [0.05, 0.1) is 32.0 Å². The van der Waals surface area contributed by atoms with Crippen molar-refractivity contribution in [2.24, 2.45) is 11.3 Å². The van der Waals surface area contributed by atoms with E-state index in [4.69, 9.17) is 9.47 Å². The molecular formula is C14H29NO3. The van der Waals surface area contributed by atoms with Crippen molar-refractivity contribution in [3.8, 4) is 0 Å². The van der Waals surface area contributed by atoms with E-state index in [0.717, 1.165) is 26.2 Å². The first-order valence-corrected chi connectivity index (χ1v) is 6.99. The van der Waals surface area contributed by atoms with Crippen molar-refractivity contribution < 1.29 is 14.6 Å². The van der Waals surface area contributed by atoms with Crippen LogP contribution in [0.25, 0.3) is 0 Å². The molecule has 2 N–H and O–H groups in total. The molecule has 0 radical (unpaired) electrons. The second-order valence-corrected chi connectivity index (χ2v) is 6.36. The predicted molar refractivity (Wildman–Crippen MR) is 72.7 cm³/mol. The fourth-order valence-electron chi connectivity index (χ4n) is 2.16. The van der Waals surface area contributed by atoms with Crippen molar-refractivity contribution in [2.75, 3.05) is 32.9 Å². The van der Waals surface area contributed by atoms with Crippen LogP contribution in [0.1, 0.15) is 34.1 Å². The molecule has 1 saturated heterocycles. The van der Waals surface area contributed by atoms with Crippen LogP contribution in [0.5, 0.6) is 0 Å². The molecule has 0 aliphatic carbocycles. The van der Waals surface area contributed by atoms with Crippen molar-refractivity contribution in [1.29, 1.82) is 0 Å². The summed E-state index contributed by atoms with van der Waals surface area (Å²) in [6.45, 7) is 12.1. The van der Waals surface area contributed by atoms with Crippen LogP contribution in [0.3, 0.4) is 0 Å². The minimum Gasteiger partial charge on any atom is -0.389 e. The van der Waals surface area contributed by atoms with Gasteiger partial charge in [-0.05, 0) is 19.3 Å². The van der Waals surface area contributed by atoms with E-state index in [1.165, 1.54) is 0 Å². The largest absolute Gasteiger partial charge is 0.389 e. The Morgan fingerprint density at radius 1 is 1.33 bits per heavy atom. The maximum Gasteiger partial charge on any atom is 0.0897 e. The van der Waals surface area contributed by atoms with E-state index in [0.29, 0.717) is 19.1 Å². The molecule has 0 bridgehead atoms. The fourth-order valence-corrected chi connectivity index (χ4v) is 2.16. The van der Waals surface area contributed by atoms with Gasteiger partial charge in [0.2, 0.25) is 0 Å². The lowest BCUT2D eigenvalue weighted by Crippen LogP contribution is -2.48. The molecule has 4 nitrogen and oxygen atoms in total. The lowest BCUT2D eigenvalue weighted by molar-refractivity contribution is -0.100. The molecule has 0 aromatic heterocycles. The summed E-state index contributed by atoms with van der Waals surface area (Å²) in [6.07, 6.45) is 0.830. The number of nitrogens with one attached hydrogen (secondary N) is 1. The van der Waals surface area contributed by atoms with Crippen LogP contribution in [0, 0.1) is 11.3 Å². The van der Waals surface area contributed by atoms with Crippen LogP contribution >= 0.6 is 0 Å². The SMILES string of the molecule is CC(C)CC(C)OCC(O)CNCC1(C)COC1. The average Bonchev–Trinajstić information content (AvgIpc) is 2.23. The summed E-state index contributed by atoms with van der Waals surface area (Å²) in [4.78, 5) is 0. The van der Waals surface area contributed by atoms with Crippen LogP contribution in [-0.2, 0) is 9.47 Å². The van der Waals surface area contributed by atoms with Gasteiger partial charge in [-0.1, -0.05) is 20.8 Å². The first-order valence-electron chi connectivity index (χ1n) is 6.99. The van der Waals surface area contributed by atoms with Gasteiger partial charge in [-0.3, -0.25) is 0 Å². The Morgan fingerprint density at radius 2 is 2.00 bits per heavy atom. The van der Waals surface area contributed by atoms with Gasteiger partial charge < -0.3 is 19.9 Å². The fraction of sp³-hybridized carbons (Fsp3) is 1.00. The highest BCUT2D eigenvalue weighted by atomic mass is 16.5. The van der Waals surface area contributed by atoms with Crippen molar-refractivity contribution in [3.05, 3.63) is 0 Å². The molecule has 0 aromatic carbocycles. The van der Waals surface area contributed by atoms with E-state index in [-0.39, 0.29) is 11.5 Å². The Bertz CT molecular complexity index is 229. The van der Waals surface area contributed by atoms with Crippen molar-refractivity contribution >= 4 is 0 Å². The summed E-state index contributed by atoms with van der Waals surface area (Å²) in [5.74, 6) is 0.633. The summed E-state index contributed by atoms with van der Waals surface area (Å²) in [6, 6.07) is 0. The summed E-state index contributed by atoms with van der Waals surface area (Å²) in [5.41, 5.74) is 0.255. The monoisotopic (exact) mass is 259 g/mol. The van der Waals surface area contributed by atoms with Gasteiger partial charge in [-0.2, -0.15) is 0 Å². The number of aliphatic hydroxyl groups is 1. The topological polar surface area (TPSA) is 50.7 Å². The molecule has 0 saturated carbocycles. The quantitative estimate of drug-likeness (QED) is 0.657. The van der Waals surface area contributed by atoms with E-state index in [1.807, 2.05) is 0 Å². The standard InChI is InChI=1S/C14H29NO3/c1-11(2)5-12(3)18-7-13(16)6-15-8-14(4)9-17-10-14/h11-13,15-16H,5-10H2,1-4H3. The molecule has 1 aliphatic heterocycles. The Hall–Kier alpha value is -0.160. The smallest absolute Gasteiger partial charge is 0.0897 e. The zero-order valence-corrected chi connectivity index (χ0v) is 12.2. The van der Waals surface area contributed by atoms with Crippen LogP contribution in [0.15, 0.2) is 0 Å². The zero-order chi connectivity index (χ0) is 13.6. The molecule has 0 spiro atoms. The van der Waals surface area contributed by atoms with Gasteiger partial charge >= 0.3 is 0 Å². The van der Waals surface area contributed by atoms with Gasteiger partial charge in [0.15, 0.2) is 0 Å². The minimum absolute atomic E-state index is 0.220. The first kappa shape index (κ1) is 15.9. The summed E-state index contributed by atoms with van der Waals surface area (Å²) >= 11 is 0. The molecule has 4 heteroatoms. The van der Waals surface area contributed by atoms with Gasteiger partial charge in [0.1, 0.15) is 0 Å². The zero-order valence-electron chi connectivity index (χ0n) is 12.2. The average molecular weight is 259 g/mol. The number of hydrogen-bond acceptors (Lipinski definition) is 4. The van der Waals surface area contributed by atoms with E-state index in [1.54, 1.807) is 0 Å². The number of aliphatic hydroxyl groups excluding tert-OH is 1. The van der Waals surface area contributed by atoms with E-state index in [9.17, 15) is 5.11 Å². The summed E-state index contributed by atoms with van der Waals surface area (Å²) in [5, 5.41) is 13.1. The second-order valence-electron chi connectivity index (χ2n) is 6.36. The summed E-state index contributed by atoms with van der Waals surface area (Å²) < 4.78 is 10.8. The molecule has 18 heavy (non-hydrogen) atoms. The Balaban J connectivity index is 2.01. The second kappa shape index (κ2) is 7.43. The molecule has 0 aromatic rings. The molecule has 1 aliphatic rings. The van der Waals surface area contributed by atoms with Crippen molar-refractivity contribution in [1.82, 2.24) is 5.32 Å². The van der Waals surface area contributed by atoms with Crippen LogP contribution in [-0.4, -0.2) is 50.2 Å². The Morgan fingerprint density at radius 3 is 2.50 bits per heavy atom. The predicted octanol–water partition coefficient (Wildman–Crippen LogP) is 1.42. The third-order valence-electron chi connectivity index (χ3n) is 3.21. The lowest BCUT2D eigenvalue weighted by atomic mass is 9.89. The molecule has 2 unspecified atom stereocenters. The number of hydrogen-bond donors (Lipinski definition) is 2. The van der Waals surface area contributed by atoms with Crippen molar-refractivity contribution in [3.63, 3.8) is 0 Å². The maximum absolute atomic E-state index is 9.80. The Kier molecular flexibility index (Phi) is 6.57. The third kappa shape index (κ3) is 6.14. The normalized spacial score (nSPS) is 21.7.